The summed E-state index contributed by atoms with van der Waals surface area (Å²) in [5, 5.41) is 4.48. The van der Waals surface area contributed by atoms with Gasteiger partial charge in [-0.05, 0) is 37.6 Å². The molecule has 0 radical (unpaired) electrons. The summed E-state index contributed by atoms with van der Waals surface area (Å²) in [7, 11) is 1.57. The van der Waals surface area contributed by atoms with Crippen LogP contribution in [0.5, 0.6) is 5.75 Å². The number of rotatable bonds is 5. The SMILES string of the molecule is COc1ccc(Cl)cc1C(=O)[C@@H]1CCCN(Cc2ccon2)C1. The van der Waals surface area contributed by atoms with Gasteiger partial charge in [0.25, 0.3) is 0 Å². The maximum atomic E-state index is 12.9. The molecule has 0 aliphatic carbocycles. The van der Waals surface area contributed by atoms with Crippen molar-refractivity contribution in [2.75, 3.05) is 20.2 Å². The molecule has 23 heavy (non-hydrogen) atoms. The fraction of sp³-hybridized carbons (Fsp3) is 0.412. The van der Waals surface area contributed by atoms with Gasteiger partial charge in [0.05, 0.1) is 18.4 Å². The molecule has 1 aromatic carbocycles. The highest BCUT2D eigenvalue weighted by Crippen LogP contribution is 2.29. The van der Waals surface area contributed by atoms with Gasteiger partial charge in [0.15, 0.2) is 5.78 Å². The maximum absolute atomic E-state index is 12.9. The topological polar surface area (TPSA) is 55.6 Å². The third-order valence-corrected chi connectivity index (χ3v) is 4.42. The molecular formula is C17H19ClN2O3. The van der Waals surface area contributed by atoms with E-state index in [4.69, 9.17) is 20.9 Å². The molecule has 2 heterocycles. The number of carbonyl (C=O) groups is 1. The Morgan fingerprint density at radius 1 is 1.48 bits per heavy atom. The van der Waals surface area contributed by atoms with E-state index in [0.717, 1.165) is 25.1 Å². The highest BCUT2D eigenvalue weighted by Gasteiger charge is 2.28. The van der Waals surface area contributed by atoms with Crippen LogP contribution in [0.4, 0.5) is 0 Å². The van der Waals surface area contributed by atoms with Crippen LogP contribution >= 0.6 is 11.6 Å². The minimum atomic E-state index is -0.0528. The predicted octanol–water partition coefficient (Wildman–Crippen LogP) is 3.43. The van der Waals surface area contributed by atoms with Gasteiger partial charge >= 0.3 is 0 Å². The maximum Gasteiger partial charge on any atom is 0.170 e. The first-order valence-electron chi connectivity index (χ1n) is 7.66. The van der Waals surface area contributed by atoms with Crippen molar-refractivity contribution in [3.63, 3.8) is 0 Å². The van der Waals surface area contributed by atoms with E-state index in [1.807, 2.05) is 6.07 Å². The quantitative estimate of drug-likeness (QED) is 0.784. The Balaban J connectivity index is 1.73. The van der Waals surface area contributed by atoms with Gasteiger partial charge in [0.2, 0.25) is 0 Å². The number of aromatic nitrogens is 1. The lowest BCUT2D eigenvalue weighted by molar-refractivity contribution is 0.0806. The Kier molecular flexibility index (Phi) is 4.98. The molecule has 1 saturated heterocycles. The van der Waals surface area contributed by atoms with Crippen molar-refractivity contribution in [1.29, 1.82) is 0 Å². The average Bonchev–Trinajstić information content (AvgIpc) is 3.07. The molecule has 0 saturated carbocycles. The average molecular weight is 335 g/mol. The zero-order chi connectivity index (χ0) is 16.2. The Morgan fingerprint density at radius 3 is 3.09 bits per heavy atom. The van der Waals surface area contributed by atoms with E-state index in [1.54, 1.807) is 31.6 Å². The largest absolute Gasteiger partial charge is 0.496 e. The molecule has 1 atom stereocenters. The zero-order valence-corrected chi connectivity index (χ0v) is 13.8. The monoisotopic (exact) mass is 334 g/mol. The Bertz CT molecular complexity index is 672. The molecule has 1 aromatic heterocycles. The van der Waals surface area contributed by atoms with Gasteiger partial charge in [0.1, 0.15) is 12.0 Å². The number of nitrogens with zero attached hydrogens (tertiary/aromatic N) is 2. The second kappa shape index (κ2) is 7.15. The van der Waals surface area contributed by atoms with Crippen molar-refractivity contribution in [1.82, 2.24) is 10.1 Å². The number of hydrogen-bond donors (Lipinski definition) is 0. The van der Waals surface area contributed by atoms with Crippen molar-refractivity contribution in [3.8, 4) is 5.75 Å². The first-order valence-corrected chi connectivity index (χ1v) is 8.04. The third kappa shape index (κ3) is 3.74. The normalized spacial score (nSPS) is 18.8. The number of halogens is 1. The summed E-state index contributed by atoms with van der Waals surface area (Å²) in [4.78, 5) is 15.1. The minimum absolute atomic E-state index is 0.0528. The number of methoxy groups -OCH3 is 1. The van der Waals surface area contributed by atoms with Crippen molar-refractivity contribution in [2.24, 2.45) is 5.92 Å². The van der Waals surface area contributed by atoms with Crippen LogP contribution in [0.15, 0.2) is 35.1 Å². The Morgan fingerprint density at radius 2 is 2.35 bits per heavy atom. The summed E-state index contributed by atoms with van der Waals surface area (Å²) in [5.74, 6) is 0.616. The van der Waals surface area contributed by atoms with Crippen molar-refractivity contribution < 1.29 is 14.1 Å². The van der Waals surface area contributed by atoms with Crippen LogP contribution in [0, 0.1) is 5.92 Å². The highest BCUT2D eigenvalue weighted by molar-refractivity contribution is 6.31. The molecule has 122 valence electrons. The molecule has 6 heteroatoms. The van der Waals surface area contributed by atoms with E-state index in [0.29, 0.717) is 29.4 Å². The van der Waals surface area contributed by atoms with Gasteiger partial charge in [-0.3, -0.25) is 9.69 Å². The fourth-order valence-electron chi connectivity index (χ4n) is 3.05. The zero-order valence-electron chi connectivity index (χ0n) is 13.0. The van der Waals surface area contributed by atoms with Gasteiger partial charge in [-0.25, -0.2) is 0 Å². The summed E-state index contributed by atoms with van der Waals surface area (Å²) < 4.78 is 10.2. The van der Waals surface area contributed by atoms with Crippen LogP contribution < -0.4 is 4.74 Å². The number of benzene rings is 1. The number of carbonyl (C=O) groups excluding carboxylic acids is 1. The first-order chi connectivity index (χ1) is 11.2. The van der Waals surface area contributed by atoms with Gasteiger partial charge in [-0.2, -0.15) is 0 Å². The van der Waals surface area contributed by atoms with E-state index in [-0.39, 0.29) is 11.7 Å². The fourth-order valence-corrected chi connectivity index (χ4v) is 3.23. The third-order valence-electron chi connectivity index (χ3n) is 4.18. The summed E-state index contributed by atoms with van der Waals surface area (Å²) in [5.41, 5.74) is 1.45. The molecule has 1 aliphatic rings. The number of piperidine rings is 1. The lowest BCUT2D eigenvalue weighted by atomic mass is 9.89. The summed E-state index contributed by atoms with van der Waals surface area (Å²) in [6, 6.07) is 7.02. The number of hydrogen-bond acceptors (Lipinski definition) is 5. The lowest BCUT2D eigenvalue weighted by Gasteiger charge is -2.31. The summed E-state index contributed by atoms with van der Waals surface area (Å²) >= 11 is 6.04. The lowest BCUT2D eigenvalue weighted by Crippen LogP contribution is -2.38. The molecule has 0 amide bonds. The molecule has 0 N–H and O–H groups in total. The van der Waals surface area contributed by atoms with E-state index < -0.39 is 0 Å². The Labute approximate surface area is 140 Å². The van der Waals surface area contributed by atoms with Crippen LogP contribution in [0.2, 0.25) is 5.02 Å². The van der Waals surface area contributed by atoms with Crippen molar-refractivity contribution in [3.05, 3.63) is 46.8 Å². The molecule has 3 rings (SSSR count). The van der Waals surface area contributed by atoms with E-state index in [1.165, 1.54) is 0 Å². The smallest absolute Gasteiger partial charge is 0.170 e. The molecule has 2 aromatic rings. The number of likely N-dealkylation sites (tertiary alicyclic amines) is 1. The molecule has 0 spiro atoms. The van der Waals surface area contributed by atoms with E-state index in [2.05, 4.69) is 10.1 Å². The van der Waals surface area contributed by atoms with Crippen LogP contribution in [0.3, 0.4) is 0 Å². The minimum Gasteiger partial charge on any atom is -0.496 e. The second-order valence-electron chi connectivity index (χ2n) is 5.77. The Hall–Kier alpha value is -1.85. The molecule has 0 bridgehead atoms. The summed E-state index contributed by atoms with van der Waals surface area (Å²) in [6.07, 6.45) is 3.43. The molecule has 5 nitrogen and oxygen atoms in total. The number of ketones is 1. The standard InChI is InChI=1S/C17H19ClN2O3/c1-22-16-5-4-13(18)9-15(16)17(21)12-3-2-7-20(10-12)11-14-6-8-23-19-14/h4-6,8-9,12H,2-3,7,10-11H2,1H3/t12-/m1/s1. The van der Waals surface area contributed by atoms with E-state index in [9.17, 15) is 4.79 Å². The van der Waals surface area contributed by atoms with Crippen LogP contribution in [-0.2, 0) is 6.54 Å². The van der Waals surface area contributed by atoms with Gasteiger partial charge in [0, 0.05) is 30.1 Å². The molecular weight excluding hydrogens is 316 g/mol. The predicted molar refractivity (Wildman–Crippen MR) is 86.8 cm³/mol. The van der Waals surface area contributed by atoms with Crippen molar-refractivity contribution in [2.45, 2.75) is 19.4 Å². The highest BCUT2D eigenvalue weighted by atomic mass is 35.5. The van der Waals surface area contributed by atoms with Crippen molar-refractivity contribution >= 4 is 17.4 Å². The van der Waals surface area contributed by atoms with Gasteiger partial charge < -0.3 is 9.26 Å². The van der Waals surface area contributed by atoms with E-state index >= 15 is 0 Å². The van der Waals surface area contributed by atoms with Gasteiger partial charge in [-0.15, -0.1) is 0 Å². The van der Waals surface area contributed by atoms with Crippen LogP contribution in [0.1, 0.15) is 28.9 Å². The molecule has 1 aliphatic heterocycles. The first kappa shape index (κ1) is 16.0. The van der Waals surface area contributed by atoms with Crippen LogP contribution in [-0.4, -0.2) is 36.0 Å². The van der Waals surface area contributed by atoms with Crippen LogP contribution in [0.25, 0.3) is 0 Å². The van der Waals surface area contributed by atoms with Gasteiger partial charge in [-0.1, -0.05) is 16.8 Å². The second-order valence-corrected chi connectivity index (χ2v) is 6.21. The summed E-state index contributed by atoms with van der Waals surface area (Å²) in [6.45, 7) is 2.37. The molecule has 1 fully saturated rings. The molecule has 0 unspecified atom stereocenters. The number of ether oxygens (including phenoxy) is 1. The number of Topliss-reactive ketones (excluding diaryl/α,β-unsaturated/α-hetero) is 1.